The molecule has 3 heteroatoms. The zero-order valence-corrected chi connectivity index (χ0v) is 9.81. The van der Waals surface area contributed by atoms with E-state index < -0.39 is 0 Å². The van der Waals surface area contributed by atoms with Crippen molar-refractivity contribution in [3.05, 3.63) is 33.8 Å². The minimum absolute atomic E-state index is 0.179. The van der Waals surface area contributed by atoms with E-state index in [-0.39, 0.29) is 5.78 Å². The highest BCUT2D eigenvalue weighted by atomic mass is 35.5. The number of carbonyl (C=O) groups is 1. The summed E-state index contributed by atoms with van der Waals surface area (Å²) in [6.45, 7) is 0. The van der Waals surface area contributed by atoms with Crippen LogP contribution in [0.2, 0.25) is 10.0 Å². The maximum Gasteiger partial charge on any atom is 0.163 e. The van der Waals surface area contributed by atoms with Gasteiger partial charge in [0.05, 0.1) is 10.0 Å². The van der Waals surface area contributed by atoms with Gasteiger partial charge in [-0.15, -0.1) is 0 Å². The molecule has 0 aliphatic heterocycles. The molecule has 1 nitrogen and oxygen atoms in total. The lowest BCUT2D eigenvalue weighted by Crippen LogP contribution is -2.15. The number of carbonyl (C=O) groups excluding carboxylic acids is 1. The molecule has 1 aliphatic rings. The average molecular weight is 243 g/mol. The molecule has 0 radical (unpaired) electrons. The Kier molecular flexibility index (Phi) is 3.32. The Bertz CT molecular complexity index is 383. The van der Waals surface area contributed by atoms with Gasteiger partial charge in [-0.2, -0.15) is 0 Å². The first-order chi connectivity index (χ1) is 7.16. The Morgan fingerprint density at radius 2 is 2.00 bits per heavy atom. The average Bonchev–Trinajstić information content (AvgIpc) is 2.15. The summed E-state index contributed by atoms with van der Waals surface area (Å²) in [6, 6.07) is 5.08. The first-order valence-corrected chi connectivity index (χ1v) is 5.90. The third kappa shape index (κ3) is 2.53. The van der Waals surface area contributed by atoms with Crippen LogP contribution in [0.1, 0.15) is 36.0 Å². The molecule has 15 heavy (non-hydrogen) atoms. The first-order valence-electron chi connectivity index (χ1n) is 5.15. The largest absolute Gasteiger partial charge is 0.294 e. The van der Waals surface area contributed by atoms with Crippen LogP contribution in [0.15, 0.2) is 18.2 Å². The van der Waals surface area contributed by atoms with Crippen molar-refractivity contribution in [3.63, 3.8) is 0 Å². The fraction of sp³-hybridized carbons (Fsp3) is 0.417. The number of benzene rings is 1. The smallest absolute Gasteiger partial charge is 0.163 e. The van der Waals surface area contributed by atoms with Crippen LogP contribution in [0.25, 0.3) is 0 Å². The van der Waals surface area contributed by atoms with Crippen molar-refractivity contribution in [1.29, 1.82) is 0 Å². The monoisotopic (exact) mass is 242 g/mol. The van der Waals surface area contributed by atoms with Crippen molar-refractivity contribution in [2.45, 2.75) is 25.7 Å². The molecular formula is C12H12Cl2O. The van der Waals surface area contributed by atoms with Crippen molar-refractivity contribution < 1.29 is 4.79 Å². The number of halogens is 2. The standard InChI is InChI=1S/C12H12Cl2O/c13-10-5-4-9(7-11(10)14)12(15)6-8-2-1-3-8/h4-5,7-8H,1-3,6H2. The molecule has 0 aromatic heterocycles. The molecular weight excluding hydrogens is 231 g/mol. The van der Waals surface area contributed by atoms with Crippen molar-refractivity contribution in [2.24, 2.45) is 5.92 Å². The van der Waals surface area contributed by atoms with E-state index in [0.717, 1.165) is 0 Å². The lowest BCUT2D eigenvalue weighted by atomic mass is 9.81. The van der Waals surface area contributed by atoms with Crippen molar-refractivity contribution in [3.8, 4) is 0 Å². The predicted molar refractivity (Wildman–Crippen MR) is 62.8 cm³/mol. The van der Waals surface area contributed by atoms with E-state index >= 15 is 0 Å². The van der Waals surface area contributed by atoms with Crippen LogP contribution in [0, 0.1) is 5.92 Å². The highest BCUT2D eigenvalue weighted by molar-refractivity contribution is 6.42. The maximum atomic E-state index is 11.8. The molecule has 0 N–H and O–H groups in total. The van der Waals surface area contributed by atoms with E-state index in [1.165, 1.54) is 19.3 Å². The van der Waals surface area contributed by atoms with Crippen molar-refractivity contribution in [1.82, 2.24) is 0 Å². The maximum absolute atomic E-state index is 11.8. The summed E-state index contributed by atoms with van der Waals surface area (Å²) in [5.74, 6) is 0.769. The fourth-order valence-electron chi connectivity index (χ4n) is 1.75. The molecule has 2 rings (SSSR count). The molecule has 1 aliphatic carbocycles. The molecule has 0 amide bonds. The van der Waals surface area contributed by atoms with Crippen LogP contribution in [-0.4, -0.2) is 5.78 Å². The van der Waals surface area contributed by atoms with Gasteiger partial charge in [0, 0.05) is 12.0 Å². The molecule has 0 saturated heterocycles. The molecule has 1 aromatic carbocycles. The highest BCUT2D eigenvalue weighted by Crippen LogP contribution is 2.31. The number of rotatable bonds is 3. The Hall–Kier alpha value is -0.530. The van der Waals surface area contributed by atoms with Crippen molar-refractivity contribution >= 4 is 29.0 Å². The van der Waals surface area contributed by atoms with Gasteiger partial charge in [0.15, 0.2) is 5.78 Å². The number of ketones is 1. The summed E-state index contributed by atoms with van der Waals surface area (Å²) >= 11 is 11.6. The summed E-state index contributed by atoms with van der Waals surface area (Å²) in [6.07, 6.45) is 4.29. The molecule has 1 fully saturated rings. The van der Waals surface area contributed by atoms with Crippen LogP contribution in [-0.2, 0) is 0 Å². The van der Waals surface area contributed by atoms with Crippen LogP contribution in [0.5, 0.6) is 0 Å². The number of Topliss-reactive ketones (excluding diaryl/α,β-unsaturated/α-hetero) is 1. The highest BCUT2D eigenvalue weighted by Gasteiger charge is 2.21. The summed E-state index contributed by atoms with van der Waals surface area (Å²) < 4.78 is 0. The number of hydrogen-bond donors (Lipinski definition) is 0. The summed E-state index contributed by atoms with van der Waals surface area (Å²) in [5.41, 5.74) is 0.677. The van der Waals surface area contributed by atoms with Crippen LogP contribution in [0.4, 0.5) is 0 Å². The predicted octanol–water partition coefficient (Wildman–Crippen LogP) is 4.37. The molecule has 0 heterocycles. The lowest BCUT2D eigenvalue weighted by Gasteiger charge is -2.24. The van der Waals surface area contributed by atoms with Crippen molar-refractivity contribution in [2.75, 3.05) is 0 Å². The molecule has 1 aromatic rings. The van der Waals surface area contributed by atoms with E-state index in [0.29, 0.717) is 27.9 Å². The SMILES string of the molecule is O=C(CC1CCC1)c1ccc(Cl)c(Cl)c1. The van der Waals surface area contributed by atoms with E-state index in [4.69, 9.17) is 23.2 Å². The quantitative estimate of drug-likeness (QED) is 0.720. The summed E-state index contributed by atoms with van der Waals surface area (Å²) in [5, 5.41) is 0.952. The molecule has 0 bridgehead atoms. The minimum Gasteiger partial charge on any atom is -0.294 e. The van der Waals surface area contributed by atoms with E-state index in [9.17, 15) is 4.79 Å². The molecule has 0 atom stereocenters. The Morgan fingerprint density at radius 3 is 2.53 bits per heavy atom. The zero-order valence-electron chi connectivity index (χ0n) is 8.30. The van der Waals surface area contributed by atoms with Gasteiger partial charge >= 0.3 is 0 Å². The van der Waals surface area contributed by atoms with Gasteiger partial charge in [-0.25, -0.2) is 0 Å². The zero-order chi connectivity index (χ0) is 10.8. The van der Waals surface area contributed by atoms with Gasteiger partial charge in [0.25, 0.3) is 0 Å². The van der Waals surface area contributed by atoms with Crippen LogP contribution < -0.4 is 0 Å². The lowest BCUT2D eigenvalue weighted by molar-refractivity contribution is 0.0936. The van der Waals surface area contributed by atoms with Gasteiger partial charge in [-0.05, 0) is 24.1 Å². The number of hydrogen-bond acceptors (Lipinski definition) is 1. The van der Waals surface area contributed by atoms with Crippen LogP contribution >= 0.6 is 23.2 Å². The molecule has 0 unspecified atom stereocenters. The third-order valence-electron chi connectivity index (χ3n) is 2.94. The Morgan fingerprint density at radius 1 is 1.27 bits per heavy atom. The molecule has 80 valence electrons. The summed E-state index contributed by atoms with van der Waals surface area (Å²) in [4.78, 5) is 11.8. The topological polar surface area (TPSA) is 17.1 Å². The minimum atomic E-state index is 0.179. The summed E-state index contributed by atoms with van der Waals surface area (Å²) in [7, 11) is 0. The Labute approximate surface area is 99.4 Å². The Balaban J connectivity index is 2.07. The van der Waals surface area contributed by atoms with E-state index in [2.05, 4.69) is 0 Å². The second kappa shape index (κ2) is 4.54. The first kappa shape index (κ1) is 11.0. The second-order valence-corrected chi connectivity index (χ2v) is 4.87. The molecule has 1 saturated carbocycles. The van der Waals surface area contributed by atoms with Gasteiger partial charge in [0.2, 0.25) is 0 Å². The van der Waals surface area contributed by atoms with E-state index in [1.807, 2.05) is 0 Å². The normalized spacial score (nSPS) is 16.1. The van der Waals surface area contributed by atoms with Crippen LogP contribution in [0.3, 0.4) is 0 Å². The van der Waals surface area contributed by atoms with Gasteiger partial charge in [0.1, 0.15) is 0 Å². The van der Waals surface area contributed by atoms with E-state index in [1.54, 1.807) is 18.2 Å². The van der Waals surface area contributed by atoms with Gasteiger partial charge < -0.3 is 0 Å². The third-order valence-corrected chi connectivity index (χ3v) is 3.68. The second-order valence-electron chi connectivity index (χ2n) is 4.05. The van der Waals surface area contributed by atoms with Gasteiger partial charge in [-0.1, -0.05) is 42.5 Å². The fourth-order valence-corrected chi connectivity index (χ4v) is 2.04. The van der Waals surface area contributed by atoms with Gasteiger partial charge in [-0.3, -0.25) is 4.79 Å². The molecule has 0 spiro atoms.